The van der Waals surface area contributed by atoms with Crippen LogP contribution in [0.2, 0.25) is 0 Å². The summed E-state index contributed by atoms with van der Waals surface area (Å²) in [7, 11) is 0. The quantitative estimate of drug-likeness (QED) is 0.885. The second-order valence-electron chi connectivity index (χ2n) is 7.21. The van der Waals surface area contributed by atoms with Crippen molar-refractivity contribution in [2.45, 2.75) is 46.7 Å². The maximum Gasteiger partial charge on any atom is 0.175 e. The minimum atomic E-state index is 0.357. The van der Waals surface area contributed by atoms with Gasteiger partial charge in [0.15, 0.2) is 11.5 Å². The van der Waals surface area contributed by atoms with Crippen molar-refractivity contribution in [3.8, 4) is 11.5 Å². The lowest BCUT2D eigenvalue weighted by Crippen LogP contribution is -2.21. The van der Waals surface area contributed by atoms with Gasteiger partial charge in [-0.1, -0.05) is 27.7 Å². The molecule has 3 nitrogen and oxygen atoms in total. The van der Waals surface area contributed by atoms with Crippen molar-refractivity contribution in [1.29, 1.82) is 0 Å². The first-order valence-corrected chi connectivity index (χ1v) is 8.45. The van der Waals surface area contributed by atoms with Crippen molar-refractivity contribution in [2.75, 3.05) is 13.2 Å². The summed E-state index contributed by atoms with van der Waals surface area (Å²) in [5.41, 5.74) is 1.94. The van der Waals surface area contributed by atoms with Crippen LogP contribution in [-0.2, 0) is 6.54 Å². The van der Waals surface area contributed by atoms with Gasteiger partial charge >= 0.3 is 0 Å². The summed E-state index contributed by atoms with van der Waals surface area (Å²) in [4.78, 5) is 0. The average molecular weight is 354 g/mol. The van der Waals surface area contributed by atoms with Crippen LogP contribution in [0.15, 0.2) is 16.6 Å². The summed E-state index contributed by atoms with van der Waals surface area (Å²) in [6, 6.07) is 4.78. The van der Waals surface area contributed by atoms with E-state index in [1.54, 1.807) is 0 Å². The van der Waals surface area contributed by atoms with Crippen LogP contribution in [0.25, 0.3) is 0 Å². The molecule has 1 aliphatic heterocycles. The lowest BCUT2D eigenvalue weighted by atomic mass is 10.0. The van der Waals surface area contributed by atoms with Gasteiger partial charge in [-0.3, -0.25) is 0 Å². The molecule has 0 unspecified atom stereocenters. The zero-order chi connectivity index (χ0) is 15.3. The first-order chi connectivity index (χ1) is 9.84. The number of hydrogen-bond donors (Lipinski definition) is 1. The fourth-order valence-corrected chi connectivity index (χ4v) is 3.92. The minimum Gasteiger partial charge on any atom is -0.490 e. The number of rotatable bonds is 3. The molecule has 3 rings (SSSR count). The molecule has 1 saturated carbocycles. The van der Waals surface area contributed by atoms with Crippen molar-refractivity contribution in [2.24, 2.45) is 10.8 Å². The van der Waals surface area contributed by atoms with Gasteiger partial charge in [0.05, 0.1) is 17.7 Å². The summed E-state index contributed by atoms with van der Waals surface area (Å²) in [6.07, 6.45) is 0.930. The number of nitrogens with one attached hydrogen (secondary N) is 1. The van der Waals surface area contributed by atoms with Crippen LogP contribution in [0.4, 0.5) is 0 Å². The van der Waals surface area contributed by atoms with Gasteiger partial charge in [-0.05, 0) is 44.5 Å². The van der Waals surface area contributed by atoms with Gasteiger partial charge in [0.25, 0.3) is 0 Å². The topological polar surface area (TPSA) is 30.5 Å². The summed E-state index contributed by atoms with van der Waals surface area (Å²) < 4.78 is 12.5. The predicted molar refractivity (Wildman–Crippen MR) is 87.9 cm³/mol. The van der Waals surface area contributed by atoms with Crippen LogP contribution in [0.1, 0.15) is 39.7 Å². The van der Waals surface area contributed by atoms with Crippen LogP contribution < -0.4 is 14.8 Å². The third-order valence-electron chi connectivity index (χ3n) is 5.39. The summed E-state index contributed by atoms with van der Waals surface area (Å²) in [5.74, 6) is 1.69. The monoisotopic (exact) mass is 353 g/mol. The van der Waals surface area contributed by atoms with Crippen LogP contribution in [0.5, 0.6) is 11.5 Å². The van der Waals surface area contributed by atoms with E-state index in [-0.39, 0.29) is 0 Å². The van der Waals surface area contributed by atoms with Gasteiger partial charge < -0.3 is 14.8 Å². The molecule has 0 saturated heterocycles. The highest BCUT2D eigenvalue weighted by atomic mass is 79.9. The van der Waals surface area contributed by atoms with Crippen molar-refractivity contribution >= 4 is 15.9 Å². The molecule has 0 amide bonds. The Kier molecular flexibility index (Phi) is 3.73. The third kappa shape index (κ3) is 2.57. The molecule has 0 atom stereocenters. The van der Waals surface area contributed by atoms with Gasteiger partial charge in [0.2, 0.25) is 0 Å². The molecule has 2 aliphatic rings. The molecule has 4 heteroatoms. The van der Waals surface area contributed by atoms with Crippen molar-refractivity contribution < 1.29 is 9.47 Å². The van der Waals surface area contributed by atoms with E-state index in [1.807, 2.05) is 0 Å². The lowest BCUT2D eigenvalue weighted by Gasteiger charge is -2.13. The number of fused-ring (bicyclic) bond motifs is 1. The smallest absolute Gasteiger partial charge is 0.175 e. The van der Waals surface area contributed by atoms with E-state index in [4.69, 9.17) is 9.47 Å². The Labute approximate surface area is 135 Å². The second kappa shape index (κ2) is 5.17. The molecule has 1 aromatic rings. The molecule has 1 aliphatic carbocycles. The predicted octanol–water partition coefficient (Wildman–Crippen LogP) is 4.13. The van der Waals surface area contributed by atoms with Crippen molar-refractivity contribution in [3.63, 3.8) is 0 Å². The van der Waals surface area contributed by atoms with Crippen molar-refractivity contribution in [1.82, 2.24) is 5.32 Å². The standard InChI is InChI=1S/C17H24BrNO2/c1-16(2)15(17(16,3)4)19-10-11-8-12(18)14-13(9-11)20-6-5-7-21-14/h8-9,15,19H,5-7,10H2,1-4H3. The Bertz CT molecular complexity index is 540. The van der Waals surface area contributed by atoms with Gasteiger partial charge in [-0.25, -0.2) is 0 Å². The molecule has 1 aromatic carbocycles. The fourth-order valence-electron chi connectivity index (χ4n) is 3.31. The molecule has 0 aromatic heterocycles. The Balaban J connectivity index is 1.73. The highest BCUT2D eigenvalue weighted by Gasteiger charge is 2.64. The maximum atomic E-state index is 5.79. The second-order valence-corrected chi connectivity index (χ2v) is 8.07. The van der Waals surface area contributed by atoms with E-state index >= 15 is 0 Å². The largest absolute Gasteiger partial charge is 0.490 e. The van der Waals surface area contributed by atoms with Crippen LogP contribution in [0.3, 0.4) is 0 Å². The zero-order valence-electron chi connectivity index (χ0n) is 13.3. The fraction of sp³-hybridized carbons (Fsp3) is 0.647. The van der Waals surface area contributed by atoms with Crippen LogP contribution in [-0.4, -0.2) is 19.3 Å². The summed E-state index contributed by atoms with van der Waals surface area (Å²) in [5, 5.41) is 3.69. The van der Waals surface area contributed by atoms with E-state index in [9.17, 15) is 0 Å². The number of ether oxygens (including phenoxy) is 2. The summed E-state index contributed by atoms with van der Waals surface area (Å²) >= 11 is 3.60. The van der Waals surface area contributed by atoms with Crippen molar-refractivity contribution in [3.05, 3.63) is 22.2 Å². The minimum absolute atomic E-state index is 0.357. The first kappa shape index (κ1) is 15.2. The number of halogens is 1. The average Bonchev–Trinajstić information content (AvgIpc) is 2.92. The Hall–Kier alpha value is -0.740. The molecular weight excluding hydrogens is 330 g/mol. The van der Waals surface area contributed by atoms with E-state index in [1.165, 1.54) is 5.56 Å². The zero-order valence-corrected chi connectivity index (χ0v) is 14.8. The Morgan fingerprint density at radius 1 is 1.14 bits per heavy atom. The molecule has 1 fully saturated rings. The summed E-state index contributed by atoms with van der Waals surface area (Å²) in [6.45, 7) is 11.6. The highest BCUT2D eigenvalue weighted by Crippen LogP contribution is 2.62. The lowest BCUT2D eigenvalue weighted by molar-refractivity contribution is 0.296. The van der Waals surface area contributed by atoms with E-state index < -0.39 is 0 Å². The van der Waals surface area contributed by atoms with Crippen LogP contribution >= 0.6 is 15.9 Å². The normalized spacial score (nSPS) is 22.7. The van der Waals surface area contributed by atoms with Gasteiger partial charge in [-0.15, -0.1) is 0 Å². The van der Waals surface area contributed by atoms with Gasteiger partial charge in [-0.2, -0.15) is 0 Å². The molecule has 1 heterocycles. The highest BCUT2D eigenvalue weighted by molar-refractivity contribution is 9.10. The van der Waals surface area contributed by atoms with E-state index in [2.05, 4.69) is 61.1 Å². The molecule has 0 bridgehead atoms. The SMILES string of the molecule is CC1(C)C(NCc2cc(Br)c3c(c2)OCCCO3)C1(C)C. The molecule has 0 spiro atoms. The molecular formula is C17H24BrNO2. The first-order valence-electron chi connectivity index (χ1n) is 7.65. The molecule has 116 valence electrons. The number of benzene rings is 1. The van der Waals surface area contributed by atoms with E-state index in [0.717, 1.165) is 35.5 Å². The Morgan fingerprint density at radius 3 is 2.48 bits per heavy atom. The third-order valence-corrected chi connectivity index (χ3v) is 5.98. The van der Waals surface area contributed by atoms with E-state index in [0.29, 0.717) is 23.5 Å². The van der Waals surface area contributed by atoms with Crippen LogP contribution in [0, 0.1) is 10.8 Å². The molecule has 0 radical (unpaired) electrons. The number of hydrogen-bond acceptors (Lipinski definition) is 3. The van der Waals surface area contributed by atoms with Gasteiger partial charge in [0.1, 0.15) is 0 Å². The maximum absolute atomic E-state index is 5.79. The molecule has 1 N–H and O–H groups in total. The molecule has 21 heavy (non-hydrogen) atoms. The van der Waals surface area contributed by atoms with Gasteiger partial charge in [0, 0.05) is 19.0 Å². The Morgan fingerprint density at radius 2 is 1.81 bits per heavy atom.